The van der Waals surface area contributed by atoms with Gasteiger partial charge in [-0.2, -0.15) is 0 Å². The van der Waals surface area contributed by atoms with Crippen LogP contribution in [0.3, 0.4) is 0 Å². The van der Waals surface area contributed by atoms with Crippen molar-refractivity contribution in [3.05, 3.63) is 16.5 Å². The summed E-state index contributed by atoms with van der Waals surface area (Å²) in [5.41, 5.74) is 0.972. The molecule has 0 amide bonds. The van der Waals surface area contributed by atoms with Gasteiger partial charge < -0.3 is 5.32 Å². The first kappa shape index (κ1) is 14.6. The zero-order chi connectivity index (χ0) is 13.8. The summed E-state index contributed by atoms with van der Waals surface area (Å²) in [6, 6.07) is 0.530. The lowest BCUT2D eigenvalue weighted by Crippen LogP contribution is -2.27. The van der Waals surface area contributed by atoms with Crippen molar-refractivity contribution < 1.29 is 0 Å². The van der Waals surface area contributed by atoms with Crippen LogP contribution in [-0.4, -0.2) is 16.0 Å². The van der Waals surface area contributed by atoms with E-state index in [1.165, 1.54) is 25.7 Å². The molecule has 0 radical (unpaired) electrons. The molecule has 2 unspecified atom stereocenters. The Hall–Kier alpha value is -0.830. The normalized spacial score (nSPS) is 23.4. The Balaban J connectivity index is 2.14. The summed E-state index contributed by atoms with van der Waals surface area (Å²) >= 11 is 6.21. The van der Waals surface area contributed by atoms with Gasteiger partial charge in [0.15, 0.2) is 0 Å². The minimum Gasteiger partial charge on any atom is -0.367 e. The van der Waals surface area contributed by atoms with E-state index in [1.54, 1.807) is 0 Å². The van der Waals surface area contributed by atoms with E-state index in [1.807, 2.05) is 6.92 Å². The third-order valence-corrected chi connectivity index (χ3v) is 4.25. The highest BCUT2D eigenvalue weighted by Crippen LogP contribution is 2.28. The smallest absolute Gasteiger partial charge is 0.137 e. The number of rotatable bonds is 4. The highest BCUT2D eigenvalue weighted by atomic mass is 35.5. The SMILES string of the molecule is CCCc1nc(Cl)c(C)c(NC2CCCC(C)C2)n1. The molecule has 1 fully saturated rings. The van der Waals surface area contributed by atoms with Crippen LogP contribution in [-0.2, 0) is 6.42 Å². The number of aromatic nitrogens is 2. The van der Waals surface area contributed by atoms with E-state index in [-0.39, 0.29) is 0 Å². The molecule has 3 nitrogen and oxygen atoms in total. The van der Waals surface area contributed by atoms with Crippen LogP contribution in [0.1, 0.15) is 57.3 Å². The minimum absolute atomic E-state index is 0.530. The van der Waals surface area contributed by atoms with Crippen LogP contribution >= 0.6 is 11.6 Å². The van der Waals surface area contributed by atoms with Gasteiger partial charge in [0, 0.05) is 18.0 Å². The molecule has 106 valence electrons. The van der Waals surface area contributed by atoms with Crippen LogP contribution < -0.4 is 5.32 Å². The molecule has 19 heavy (non-hydrogen) atoms. The van der Waals surface area contributed by atoms with Gasteiger partial charge in [0.25, 0.3) is 0 Å². The van der Waals surface area contributed by atoms with Gasteiger partial charge in [-0.3, -0.25) is 0 Å². The van der Waals surface area contributed by atoms with Crippen molar-refractivity contribution in [2.45, 2.75) is 65.3 Å². The third-order valence-electron chi connectivity index (χ3n) is 3.88. The Morgan fingerprint density at radius 1 is 1.32 bits per heavy atom. The van der Waals surface area contributed by atoms with Crippen LogP contribution in [0.25, 0.3) is 0 Å². The van der Waals surface area contributed by atoms with Crippen molar-refractivity contribution in [2.75, 3.05) is 5.32 Å². The first-order valence-corrected chi connectivity index (χ1v) is 7.77. The van der Waals surface area contributed by atoms with Gasteiger partial charge in [-0.05, 0) is 32.1 Å². The molecule has 1 N–H and O–H groups in total. The molecule has 0 spiro atoms. The number of anilines is 1. The van der Waals surface area contributed by atoms with Crippen LogP contribution in [0.2, 0.25) is 5.15 Å². The summed E-state index contributed by atoms with van der Waals surface area (Å²) in [5.74, 6) is 2.59. The van der Waals surface area contributed by atoms with Gasteiger partial charge in [0.05, 0.1) is 0 Å². The molecule has 0 aromatic carbocycles. The van der Waals surface area contributed by atoms with Crippen molar-refractivity contribution in [3.8, 4) is 0 Å². The van der Waals surface area contributed by atoms with Crippen LogP contribution in [0.5, 0.6) is 0 Å². The Kier molecular flexibility index (Phi) is 5.03. The Morgan fingerprint density at radius 3 is 2.79 bits per heavy atom. The summed E-state index contributed by atoms with van der Waals surface area (Å²) in [7, 11) is 0. The molecule has 2 rings (SSSR count). The predicted molar refractivity (Wildman–Crippen MR) is 80.8 cm³/mol. The highest BCUT2D eigenvalue weighted by molar-refractivity contribution is 6.30. The molecule has 0 saturated heterocycles. The first-order valence-electron chi connectivity index (χ1n) is 7.39. The summed E-state index contributed by atoms with van der Waals surface area (Å²) < 4.78 is 0. The quantitative estimate of drug-likeness (QED) is 0.832. The average Bonchev–Trinajstić information content (AvgIpc) is 2.36. The maximum Gasteiger partial charge on any atom is 0.137 e. The van der Waals surface area contributed by atoms with E-state index in [0.29, 0.717) is 11.2 Å². The lowest BCUT2D eigenvalue weighted by atomic mass is 9.87. The van der Waals surface area contributed by atoms with E-state index < -0.39 is 0 Å². The van der Waals surface area contributed by atoms with E-state index >= 15 is 0 Å². The Labute approximate surface area is 121 Å². The predicted octanol–water partition coefficient (Wildman–Crippen LogP) is 4.38. The van der Waals surface area contributed by atoms with Crippen molar-refractivity contribution in [1.29, 1.82) is 0 Å². The highest BCUT2D eigenvalue weighted by Gasteiger charge is 2.20. The summed E-state index contributed by atoms with van der Waals surface area (Å²) in [6.45, 7) is 6.45. The van der Waals surface area contributed by atoms with Gasteiger partial charge in [-0.1, -0.05) is 38.3 Å². The second-order valence-electron chi connectivity index (χ2n) is 5.77. The molecule has 1 saturated carbocycles. The average molecular weight is 282 g/mol. The second-order valence-corrected chi connectivity index (χ2v) is 6.13. The second kappa shape index (κ2) is 6.56. The molecule has 0 bridgehead atoms. The lowest BCUT2D eigenvalue weighted by molar-refractivity contribution is 0.358. The van der Waals surface area contributed by atoms with Gasteiger partial charge in [-0.25, -0.2) is 9.97 Å². The zero-order valence-electron chi connectivity index (χ0n) is 12.2. The first-order chi connectivity index (χ1) is 9.10. The van der Waals surface area contributed by atoms with E-state index in [4.69, 9.17) is 11.6 Å². The lowest BCUT2D eigenvalue weighted by Gasteiger charge is -2.28. The van der Waals surface area contributed by atoms with Crippen LogP contribution in [0.15, 0.2) is 0 Å². The largest absolute Gasteiger partial charge is 0.367 e. The minimum atomic E-state index is 0.530. The Bertz CT molecular complexity index is 434. The molecule has 4 heteroatoms. The van der Waals surface area contributed by atoms with Crippen molar-refractivity contribution >= 4 is 17.4 Å². The Morgan fingerprint density at radius 2 is 2.11 bits per heavy atom. The van der Waals surface area contributed by atoms with Gasteiger partial charge in [0.1, 0.15) is 16.8 Å². The maximum absolute atomic E-state index is 6.21. The fraction of sp³-hybridized carbons (Fsp3) is 0.733. The number of nitrogens with one attached hydrogen (secondary N) is 1. The summed E-state index contributed by atoms with van der Waals surface area (Å²) in [4.78, 5) is 8.98. The standard InChI is InChI=1S/C15H24ClN3/c1-4-6-13-18-14(16)11(3)15(19-13)17-12-8-5-7-10(2)9-12/h10,12H,4-9H2,1-3H3,(H,17,18,19). The number of hydrogen-bond acceptors (Lipinski definition) is 3. The summed E-state index contributed by atoms with van der Waals surface area (Å²) in [5, 5.41) is 4.17. The molecular weight excluding hydrogens is 258 g/mol. The fourth-order valence-corrected chi connectivity index (χ4v) is 2.95. The molecular formula is C15H24ClN3. The number of aryl methyl sites for hydroxylation is 1. The van der Waals surface area contributed by atoms with Gasteiger partial charge >= 0.3 is 0 Å². The fourth-order valence-electron chi connectivity index (χ4n) is 2.77. The molecule has 0 aliphatic heterocycles. The summed E-state index contributed by atoms with van der Waals surface area (Å²) in [6.07, 6.45) is 7.04. The molecule has 1 aromatic heterocycles. The monoisotopic (exact) mass is 281 g/mol. The van der Waals surface area contributed by atoms with Crippen molar-refractivity contribution in [1.82, 2.24) is 9.97 Å². The van der Waals surface area contributed by atoms with Crippen molar-refractivity contribution in [2.24, 2.45) is 5.92 Å². The molecule has 1 aliphatic rings. The van der Waals surface area contributed by atoms with E-state index in [2.05, 4.69) is 29.1 Å². The topological polar surface area (TPSA) is 37.8 Å². The van der Waals surface area contributed by atoms with E-state index in [0.717, 1.165) is 36.0 Å². The number of hydrogen-bond donors (Lipinski definition) is 1. The van der Waals surface area contributed by atoms with E-state index in [9.17, 15) is 0 Å². The van der Waals surface area contributed by atoms with Gasteiger partial charge in [0.2, 0.25) is 0 Å². The number of nitrogens with zero attached hydrogens (tertiary/aromatic N) is 2. The maximum atomic E-state index is 6.21. The molecule has 2 atom stereocenters. The zero-order valence-corrected chi connectivity index (χ0v) is 12.9. The van der Waals surface area contributed by atoms with Gasteiger partial charge in [-0.15, -0.1) is 0 Å². The molecule has 1 heterocycles. The van der Waals surface area contributed by atoms with Crippen LogP contribution in [0.4, 0.5) is 5.82 Å². The third kappa shape index (κ3) is 3.82. The molecule has 1 aliphatic carbocycles. The number of halogens is 1. The van der Waals surface area contributed by atoms with Crippen LogP contribution in [0, 0.1) is 12.8 Å². The van der Waals surface area contributed by atoms with Crippen molar-refractivity contribution in [3.63, 3.8) is 0 Å². The molecule has 1 aromatic rings.